The van der Waals surface area contributed by atoms with E-state index in [0.29, 0.717) is 6.54 Å². The molecular formula is C16H15BrN2O. The van der Waals surface area contributed by atoms with E-state index in [4.69, 9.17) is 0 Å². The van der Waals surface area contributed by atoms with E-state index in [1.807, 2.05) is 30.3 Å². The molecule has 1 N–H and O–H groups in total. The van der Waals surface area contributed by atoms with Crippen LogP contribution in [0.25, 0.3) is 0 Å². The van der Waals surface area contributed by atoms with Crippen molar-refractivity contribution >= 4 is 33.2 Å². The highest BCUT2D eigenvalue weighted by Gasteiger charge is 2.21. The van der Waals surface area contributed by atoms with Crippen molar-refractivity contribution in [3.8, 4) is 0 Å². The molecule has 4 heteroatoms. The first-order chi connectivity index (χ1) is 9.72. The molecule has 0 bridgehead atoms. The van der Waals surface area contributed by atoms with Crippen LogP contribution in [0.5, 0.6) is 0 Å². The number of carbonyl (C=O) groups is 1. The summed E-state index contributed by atoms with van der Waals surface area (Å²) in [6, 6.07) is 16.3. The quantitative estimate of drug-likeness (QED) is 0.934. The van der Waals surface area contributed by atoms with E-state index in [1.54, 1.807) is 0 Å². The predicted molar refractivity (Wildman–Crippen MR) is 85.1 cm³/mol. The van der Waals surface area contributed by atoms with E-state index in [9.17, 15) is 4.79 Å². The van der Waals surface area contributed by atoms with Gasteiger partial charge in [-0.1, -0.05) is 46.3 Å². The van der Waals surface area contributed by atoms with Gasteiger partial charge < -0.3 is 10.2 Å². The molecular weight excluding hydrogens is 316 g/mol. The van der Waals surface area contributed by atoms with Gasteiger partial charge in [0.25, 0.3) is 0 Å². The van der Waals surface area contributed by atoms with Gasteiger partial charge in [-0.25, -0.2) is 0 Å². The number of nitrogens with one attached hydrogen (secondary N) is 1. The lowest BCUT2D eigenvalue weighted by atomic mass is 10.1. The average Bonchev–Trinajstić information content (AvgIpc) is 2.46. The summed E-state index contributed by atoms with van der Waals surface area (Å²) in [5, 5.41) is 2.91. The van der Waals surface area contributed by atoms with Gasteiger partial charge in [-0.2, -0.15) is 0 Å². The van der Waals surface area contributed by atoms with Gasteiger partial charge in [0.05, 0.1) is 17.9 Å². The summed E-state index contributed by atoms with van der Waals surface area (Å²) in [4.78, 5) is 13.9. The Hall–Kier alpha value is -1.81. The van der Waals surface area contributed by atoms with Crippen LogP contribution in [-0.4, -0.2) is 19.0 Å². The molecule has 0 saturated carbocycles. The van der Waals surface area contributed by atoms with Crippen LogP contribution in [0.4, 0.5) is 11.4 Å². The minimum absolute atomic E-state index is 0.0490. The standard InChI is InChI=1S/C16H15BrN2O/c17-13-6-7-14-15(10-13)19(11-16(20)18-14)9-8-12-4-2-1-3-5-12/h1-7,10H,8-9,11H2,(H,18,20). The van der Waals surface area contributed by atoms with Crippen LogP contribution < -0.4 is 10.2 Å². The van der Waals surface area contributed by atoms with Crippen molar-refractivity contribution in [2.45, 2.75) is 6.42 Å². The summed E-state index contributed by atoms with van der Waals surface area (Å²) >= 11 is 3.49. The third-order valence-corrected chi connectivity index (χ3v) is 3.92. The summed E-state index contributed by atoms with van der Waals surface area (Å²) < 4.78 is 1.03. The summed E-state index contributed by atoms with van der Waals surface area (Å²) in [5.41, 5.74) is 3.25. The molecule has 1 heterocycles. The maximum atomic E-state index is 11.8. The molecule has 3 rings (SSSR count). The molecule has 0 unspecified atom stereocenters. The van der Waals surface area contributed by atoms with Crippen LogP contribution >= 0.6 is 15.9 Å². The third-order valence-electron chi connectivity index (χ3n) is 3.42. The number of fused-ring (bicyclic) bond motifs is 1. The smallest absolute Gasteiger partial charge is 0.243 e. The highest BCUT2D eigenvalue weighted by molar-refractivity contribution is 9.10. The summed E-state index contributed by atoms with van der Waals surface area (Å²) in [6.07, 6.45) is 0.931. The van der Waals surface area contributed by atoms with Crippen molar-refractivity contribution < 1.29 is 4.79 Å². The molecule has 0 saturated heterocycles. The van der Waals surface area contributed by atoms with Crippen LogP contribution in [-0.2, 0) is 11.2 Å². The molecule has 1 aliphatic heterocycles. The zero-order chi connectivity index (χ0) is 13.9. The first kappa shape index (κ1) is 13.2. The van der Waals surface area contributed by atoms with E-state index >= 15 is 0 Å². The van der Waals surface area contributed by atoms with Gasteiger partial charge in [-0.15, -0.1) is 0 Å². The second-order valence-electron chi connectivity index (χ2n) is 4.87. The molecule has 0 fully saturated rings. The molecule has 0 radical (unpaired) electrons. The Morgan fingerprint density at radius 1 is 1.15 bits per heavy atom. The maximum Gasteiger partial charge on any atom is 0.243 e. The Morgan fingerprint density at radius 3 is 2.75 bits per heavy atom. The zero-order valence-electron chi connectivity index (χ0n) is 11.0. The SMILES string of the molecule is O=C1CN(CCc2ccccc2)c2cc(Br)ccc2N1. The highest BCUT2D eigenvalue weighted by Crippen LogP contribution is 2.32. The van der Waals surface area contributed by atoms with Crippen LogP contribution in [0.1, 0.15) is 5.56 Å². The third kappa shape index (κ3) is 2.85. The molecule has 3 nitrogen and oxygen atoms in total. The minimum atomic E-state index is 0.0490. The molecule has 2 aromatic rings. The number of halogens is 1. The minimum Gasteiger partial charge on any atom is -0.360 e. The van der Waals surface area contributed by atoms with Crippen molar-refractivity contribution in [1.29, 1.82) is 0 Å². The Morgan fingerprint density at radius 2 is 1.95 bits per heavy atom. The molecule has 0 aliphatic carbocycles. The Bertz CT molecular complexity index is 628. The first-order valence-corrected chi connectivity index (χ1v) is 7.40. The van der Waals surface area contributed by atoms with Crippen molar-refractivity contribution in [3.05, 3.63) is 58.6 Å². The number of amides is 1. The fraction of sp³-hybridized carbons (Fsp3) is 0.188. The normalized spacial score (nSPS) is 13.8. The van der Waals surface area contributed by atoms with Crippen molar-refractivity contribution in [1.82, 2.24) is 0 Å². The molecule has 0 spiro atoms. The molecule has 1 amide bonds. The van der Waals surface area contributed by atoms with E-state index in [0.717, 1.165) is 28.8 Å². The fourth-order valence-electron chi connectivity index (χ4n) is 2.43. The Balaban J connectivity index is 1.80. The van der Waals surface area contributed by atoms with Gasteiger partial charge in [-0.05, 0) is 30.2 Å². The molecule has 102 valence electrons. The predicted octanol–water partition coefficient (Wildman–Crippen LogP) is 3.45. The molecule has 20 heavy (non-hydrogen) atoms. The van der Waals surface area contributed by atoms with Gasteiger partial charge in [0, 0.05) is 11.0 Å². The fourth-order valence-corrected chi connectivity index (χ4v) is 2.78. The average molecular weight is 331 g/mol. The summed E-state index contributed by atoms with van der Waals surface area (Å²) in [6.45, 7) is 1.25. The van der Waals surface area contributed by atoms with Gasteiger partial charge in [0.1, 0.15) is 0 Å². The number of benzene rings is 2. The van der Waals surface area contributed by atoms with Crippen LogP contribution in [0.15, 0.2) is 53.0 Å². The van der Waals surface area contributed by atoms with Crippen LogP contribution in [0.3, 0.4) is 0 Å². The number of carbonyl (C=O) groups excluding carboxylic acids is 1. The van der Waals surface area contributed by atoms with Crippen molar-refractivity contribution in [2.24, 2.45) is 0 Å². The molecule has 0 aromatic heterocycles. The van der Waals surface area contributed by atoms with Crippen LogP contribution in [0.2, 0.25) is 0 Å². The number of hydrogen-bond donors (Lipinski definition) is 1. The van der Waals surface area contributed by atoms with E-state index < -0.39 is 0 Å². The number of hydrogen-bond acceptors (Lipinski definition) is 2. The number of rotatable bonds is 3. The van der Waals surface area contributed by atoms with E-state index in [1.165, 1.54) is 5.56 Å². The lowest BCUT2D eigenvalue weighted by molar-refractivity contribution is -0.115. The van der Waals surface area contributed by atoms with E-state index in [2.05, 4.69) is 44.3 Å². The van der Waals surface area contributed by atoms with Gasteiger partial charge >= 0.3 is 0 Å². The molecule has 2 aromatic carbocycles. The number of nitrogens with zero attached hydrogens (tertiary/aromatic N) is 1. The number of anilines is 2. The molecule has 0 atom stereocenters. The first-order valence-electron chi connectivity index (χ1n) is 6.60. The topological polar surface area (TPSA) is 32.3 Å². The van der Waals surface area contributed by atoms with Crippen molar-refractivity contribution in [2.75, 3.05) is 23.3 Å². The lowest BCUT2D eigenvalue weighted by Crippen LogP contribution is -2.39. The van der Waals surface area contributed by atoms with E-state index in [-0.39, 0.29) is 5.91 Å². The zero-order valence-corrected chi connectivity index (χ0v) is 12.6. The lowest BCUT2D eigenvalue weighted by Gasteiger charge is -2.31. The molecule has 1 aliphatic rings. The monoisotopic (exact) mass is 330 g/mol. The summed E-state index contributed by atoms with van der Waals surface area (Å²) in [5.74, 6) is 0.0490. The second-order valence-corrected chi connectivity index (χ2v) is 5.78. The van der Waals surface area contributed by atoms with Crippen LogP contribution in [0, 0.1) is 0 Å². The second kappa shape index (κ2) is 5.67. The largest absolute Gasteiger partial charge is 0.360 e. The van der Waals surface area contributed by atoms with Gasteiger partial charge in [0.2, 0.25) is 5.91 Å². The summed E-state index contributed by atoms with van der Waals surface area (Å²) in [7, 11) is 0. The highest BCUT2D eigenvalue weighted by atomic mass is 79.9. The maximum absolute atomic E-state index is 11.8. The Kier molecular flexibility index (Phi) is 3.74. The van der Waals surface area contributed by atoms with Gasteiger partial charge in [0.15, 0.2) is 0 Å². The van der Waals surface area contributed by atoms with Gasteiger partial charge in [-0.3, -0.25) is 4.79 Å². The Labute approximate surface area is 126 Å². The van der Waals surface area contributed by atoms with Crippen molar-refractivity contribution in [3.63, 3.8) is 0 Å².